The summed E-state index contributed by atoms with van der Waals surface area (Å²) in [5, 5.41) is 4.23. The molecule has 0 amide bonds. The molecule has 0 radical (unpaired) electrons. The maximum atomic E-state index is 11.8. The third kappa shape index (κ3) is 1.37. The SMILES string of the molecule is CCn1ncc2c1CC(C)(C)CC2=O. The summed E-state index contributed by atoms with van der Waals surface area (Å²) in [6.07, 6.45) is 3.33. The third-order valence-corrected chi connectivity index (χ3v) is 2.83. The lowest BCUT2D eigenvalue weighted by Crippen LogP contribution is -2.28. The van der Waals surface area contributed by atoms with Gasteiger partial charge in [0.1, 0.15) is 0 Å². The average molecular weight is 192 g/mol. The van der Waals surface area contributed by atoms with Crippen molar-refractivity contribution in [2.45, 2.75) is 40.2 Å². The molecule has 1 heterocycles. The molecule has 0 bridgehead atoms. The molecule has 0 fully saturated rings. The predicted molar refractivity (Wildman–Crippen MR) is 54.3 cm³/mol. The van der Waals surface area contributed by atoms with Crippen molar-refractivity contribution in [3.63, 3.8) is 0 Å². The molecule has 1 aliphatic carbocycles. The molecule has 0 unspecified atom stereocenters. The second-order valence-corrected chi connectivity index (χ2v) is 4.76. The zero-order chi connectivity index (χ0) is 10.3. The summed E-state index contributed by atoms with van der Waals surface area (Å²) in [5.41, 5.74) is 2.05. The lowest BCUT2D eigenvalue weighted by Gasteiger charge is -2.28. The second-order valence-electron chi connectivity index (χ2n) is 4.76. The zero-order valence-corrected chi connectivity index (χ0v) is 9.00. The molecule has 0 aliphatic heterocycles. The van der Waals surface area contributed by atoms with Crippen LogP contribution >= 0.6 is 0 Å². The number of aromatic nitrogens is 2. The van der Waals surface area contributed by atoms with Crippen LogP contribution in [0.5, 0.6) is 0 Å². The first-order chi connectivity index (χ1) is 6.53. The summed E-state index contributed by atoms with van der Waals surface area (Å²) in [5.74, 6) is 0.246. The number of Topliss-reactive ketones (excluding diaryl/α,β-unsaturated/α-hetero) is 1. The molecule has 3 heteroatoms. The van der Waals surface area contributed by atoms with Crippen molar-refractivity contribution < 1.29 is 4.79 Å². The molecule has 14 heavy (non-hydrogen) atoms. The first kappa shape index (κ1) is 9.44. The quantitative estimate of drug-likeness (QED) is 0.682. The number of aryl methyl sites for hydroxylation is 1. The van der Waals surface area contributed by atoms with Crippen LogP contribution in [0.25, 0.3) is 0 Å². The lowest BCUT2D eigenvalue weighted by molar-refractivity contribution is 0.0910. The Kier molecular flexibility index (Phi) is 1.98. The number of ketones is 1. The van der Waals surface area contributed by atoms with E-state index in [2.05, 4.69) is 25.9 Å². The molecule has 76 valence electrons. The van der Waals surface area contributed by atoms with E-state index in [-0.39, 0.29) is 11.2 Å². The Morgan fingerprint density at radius 2 is 2.21 bits per heavy atom. The topological polar surface area (TPSA) is 34.9 Å². The molecule has 0 atom stereocenters. The maximum absolute atomic E-state index is 11.8. The van der Waals surface area contributed by atoms with Crippen LogP contribution in [0.4, 0.5) is 0 Å². The number of carbonyl (C=O) groups is 1. The molecule has 2 rings (SSSR count). The van der Waals surface area contributed by atoms with E-state index in [1.165, 1.54) is 0 Å². The van der Waals surface area contributed by atoms with E-state index in [0.717, 1.165) is 24.2 Å². The predicted octanol–water partition coefficient (Wildman–Crippen LogP) is 2.06. The minimum Gasteiger partial charge on any atom is -0.294 e. The molecule has 0 saturated carbocycles. The van der Waals surface area contributed by atoms with Gasteiger partial charge < -0.3 is 0 Å². The average Bonchev–Trinajstić information content (AvgIpc) is 2.45. The molecule has 1 aliphatic rings. The van der Waals surface area contributed by atoms with Gasteiger partial charge in [-0.3, -0.25) is 9.48 Å². The van der Waals surface area contributed by atoms with Crippen LogP contribution < -0.4 is 0 Å². The Morgan fingerprint density at radius 1 is 1.50 bits per heavy atom. The molecule has 0 N–H and O–H groups in total. The van der Waals surface area contributed by atoms with Crippen LogP contribution in [-0.4, -0.2) is 15.6 Å². The monoisotopic (exact) mass is 192 g/mol. The Balaban J connectivity index is 2.48. The molecule has 0 saturated heterocycles. The Bertz CT molecular complexity index is 377. The summed E-state index contributed by atoms with van der Waals surface area (Å²) < 4.78 is 1.94. The zero-order valence-electron chi connectivity index (χ0n) is 9.00. The van der Waals surface area contributed by atoms with Gasteiger partial charge in [0.2, 0.25) is 0 Å². The van der Waals surface area contributed by atoms with Crippen LogP contribution in [0.15, 0.2) is 6.20 Å². The second kappa shape index (κ2) is 2.94. The minimum absolute atomic E-state index is 0.0943. The standard InChI is InChI=1S/C11H16N2O/c1-4-13-9-5-11(2,3)6-10(14)8(9)7-12-13/h7H,4-6H2,1-3H3. The van der Waals surface area contributed by atoms with Crippen molar-refractivity contribution in [1.82, 2.24) is 9.78 Å². The molecule has 0 spiro atoms. The Hall–Kier alpha value is -1.12. The molecule has 0 aromatic carbocycles. The van der Waals surface area contributed by atoms with E-state index in [1.54, 1.807) is 6.20 Å². The number of fused-ring (bicyclic) bond motifs is 1. The molecule has 1 aromatic heterocycles. The highest BCUT2D eigenvalue weighted by Crippen LogP contribution is 2.34. The largest absolute Gasteiger partial charge is 0.294 e. The van der Waals surface area contributed by atoms with Crippen LogP contribution in [0.3, 0.4) is 0 Å². The van der Waals surface area contributed by atoms with E-state index in [9.17, 15) is 4.79 Å². The summed E-state index contributed by atoms with van der Waals surface area (Å²) in [7, 11) is 0. The van der Waals surface area contributed by atoms with Gasteiger partial charge in [-0.25, -0.2) is 0 Å². The summed E-state index contributed by atoms with van der Waals surface area (Å²) in [6, 6.07) is 0. The van der Waals surface area contributed by atoms with E-state index in [0.29, 0.717) is 6.42 Å². The van der Waals surface area contributed by atoms with Crippen molar-refractivity contribution in [3.05, 3.63) is 17.5 Å². The first-order valence-electron chi connectivity index (χ1n) is 5.11. The number of nitrogens with zero attached hydrogens (tertiary/aromatic N) is 2. The molecule has 3 nitrogen and oxygen atoms in total. The van der Waals surface area contributed by atoms with Gasteiger partial charge in [-0.15, -0.1) is 0 Å². The van der Waals surface area contributed by atoms with Crippen molar-refractivity contribution in [2.24, 2.45) is 5.41 Å². The van der Waals surface area contributed by atoms with E-state index < -0.39 is 0 Å². The summed E-state index contributed by atoms with van der Waals surface area (Å²) >= 11 is 0. The molecular formula is C11H16N2O. The summed E-state index contributed by atoms with van der Waals surface area (Å²) in [4.78, 5) is 11.8. The van der Waals surface area contributed by atoms with E-state index in [4.69, 9.17) is 0 Å². The van der Waals surface area contributed by atoms with E-state index in [1.807, 2.05) is 4.68 Å². The van der Waals surface area contributed by atoms with Gasteiger partial charge in [-0.2, -0.15) is 5.10 Å². The smallest absolute Gasteiger partial charge is 0.166 e. The van der Waals surface area contributed by atoms with Crippen LogP contribution in [0, 0.1) is 5.41 Å². The lowest BCUT2D eigenvalue weighted by atomic mass is 9.76. The van der Waals surface area contributed by atoms with Crippen LogP contribution in [0.2, 0.25) is 0 Å². The number of hydrogen-bond donors (Lipinski definition) is 0. The van der Waals surface area contributed by atoms with Gasteiger partial charge in [0, 0.05) is 18.7 Å². The van der Waals surface area contributed by atoms with Gasteiger partial charge >= 0.3 is 0 Å². The highest BCUT2D eigenvalue weighted by molar-refractivity contribution is 5.98. The number of rotatable bonds is 1. The normalized spacial score (nSPS) is 19.5. The summed E-state index contributed by atoms with van der Waals surface area (Å²) in [6.45, 7) is 7.18. The van der Waals surface area contributed by atoms with Gasteiger partial charge in [0.15, 0.2) is 5.78 Å². The maximum Gasteiger partial charge on any atom is 0.166 e. The fourth-order valence-corrected chi connectivity index (χ4v) is 2.15. The highest BCUT2D eigenvalue weighted by Gasteiger charge is 2.33. The van der Waals surface area contributed by atoms with Gasteiger partial charge in [0.25, 0.3) is 0 Å². The molecular weight excluding hydrogens is 176 g/mol. The van der Waals surface area contributed by atoms with Crippen LogP contribution in [-0.2, 0) is 13.0 Å². The van der Waals surface area contributed by atoms with Gasteiger partial charge in [-0.1, -0.05) is 13.8 Å². The fourth-order valence-electron chi connectivity index (χ4n) is 2.15. The first-order valence-corrected chi connectivity index (χ1v) is 5.11. The highest BCUT2D eigenvalue weighted by atomic mass is 16.1. The number of carbonyl (C=O) groups excluding carboxylic acids is 1. The van der Waals surface area contributed by atoms with Crippen molar-refractivity contribution in [1.29, 1.82) is 0 Å². The van der Waals surface area contributed by atoms with E-state index >= 15 is 0 Å². The van der Waals surface area contributed by atoms with Crippen LogP contribution in [0.1, 0.15) is 43.2 Å². The Morgan fingerprint density at radius 3 is 2.86 bits per heavy atom. The third-order valence-electron chi connectivity index (χ3n) is 2.83. The van der Waals surface area contributed by atoms with Gasteiger partial charge in [-0.05, 0) is 18.8 Å². The molecule has 1 aromatic rings. The van der Waals surface area contributed by atoms with Gasteiger partial charge in [0.05, 0.1) is 11.8 Å². The number of hydrogen-bond acceptors (Lipinski definition) is 2. The van der Waals surface area contributed by atoms with Crippen molar-refractivity contribution in [3.8, 4) is 0 Å². The minimum atomic E-state index is 0.0943. The Labute approximate surface area is 84.1 Å². The van der Waals surface area contributed by atoms with Crippen molar-refractivity contribution in [2.75, 3.05) is 0 Å². The fraction of sp³-hybridized carbons (Fsp3) is 0.636. The van der Waals surface area contributed by atoms with Crippen molar-refractivity contribution >= 4 is 5.78 Å².